The van der Waals surface area contributed by atoms with Gasteiger partial charge in [-0.25, -0.2) is 0 Å². The van der Waals surface area contributed by atoms with Gasteiger partial charge in [0.1, 0.15) is 0 Å². The summed E-state index contributed by atoms with van der Waals surface area (Å²) in [5, 5.41) is 0. The molecule has 0 aromatic heterocycles. The molecule has 0 aliphatic carbocycles. The van der Waals surface area contributed by atoms with E-state index in [2.05, 4.69) is 194 Å². The zero-order valence-electron chi connectivity index (χ0n) is 28.1. The van der Waals surface area contributed by atoms with Crippen LogP contribution in [0.1, 0.15) is 0 Å². The van der Waals surface area contributed by atoms with Gasteiger partial charge in [0.2, 0.25) is 0 Å². The SMILES string of the molecule is S.S.c1ccc(-c2ccccc2)cc1.c1ccc(-c2ccccc2)cc1.c1ccc(-c2ccccc2)cc1.c1ccc(-c2ccccc2)cc1. The van der Waals surface area contributed by atoms with Gasteiger partial charge in [0.15, 0.2) is 0 Å². The normalized spacial score (nSPS) is 9.28. The molecule has 8 aromatic rings. The Labute approximate surface area is 312 Å². The summed E-state index contributed by atoms with van der Waals surface area (Å²) >= 11 is 0. The molecule has 0 radical (unpaired) electrons. The molecular formula is C48H44S2. The van der Waals surface area contributed by atoms with Crippen LogP contribution < -0.4 is 0 Å². The molecule has 0 amide bonds. The lowest BCUT2D eigenvalue weighted by Crippen LogP contribution is -1.73. The molecule has 248 valence electrons. The highest BCUT2D eigenvalue weighted by Crippen LogP contribution is 2.20. The fourth-order valence-electron chi connectivity index (χ4n) is 5.04. The van der Waals surface area contributed by atoms with E-state index in [1.165, 1.54) is 44.5 Å². The Morgan fingerprint density at radius 3 is 0.280 bits per heavy atom. The third-order valence-corrected chi connectivity index (χ3v) is 7.52. The van der Waals surface area contributed by atoms with E-state index in [4.69, 9.17) is 0 Å². The van der Waals surface area contributed by atoms with Crippen LogP contribution in [0.25, 0.3) is 44.5 Å². The van der Waals surface area contributed by atoms with E-state index in [1.807, 2.05) is 48.5 Å². The first kappa shape index (κ1) is 38.9. The Bertz CT molecular complexity index is 1500. The van der Waals surface area contributed by atoms with Crippen LogP contribution in [-0.4, -0.2) is 0 Å². The van der Waals surface area contributed by atoms with Crippen molar-refractivity contribution < 1.29 is 0 Å². The summed E-state index contributed by atoms with van der Waals surface area (Å²) < 4.78 is 0. The van der Waals surface area contributed by atoms with Gasteiger partial charge >= 0.3 is 0 Å². The van der Waals surface area contributed by atoms with Gasteiger partial charge in [-0.2, -0.15) is 27.0 Å². The molecule has 8 rings (SSSR count). The van der Waals surface area contributed by atoms with Gasteiger partial charge in [-0.1, -0.05) is 243 Å². The summed E-state index contributed by atoms with van der Waals surface area (Å²) in [5.74, 6) is 0. The molecule has 0 saturated carbocycles. The minimum atomic E-state index is 0. The molecular weight excluding hydrogens is 641 g/mol. The van der Waals surface area contributed by atoms with Crippen LogP contribution in [0.5, 0.6) is 0 Å². The van der Waals surface area contributed by atoms with Gasteiger partial charge < -0.3 is 0 Å². The van der Waals surface area contributed by atoms with E-state index in [0.29, 0.717) is 0 Å². The lowest BCUT2D eigenvalue weighted by molar-refractivity contribution is 1.62. The van der Waals surface area contributed by atoms with E-state index in [1.54, 1.807) is 0 Å². The Hall–Kier alpha value is -5.54. The maximum atomic E-state index is 2.12. The maximum Gasteiger partial charge on any atom is -0.0184 e. The Morgan fingerprint density at radius 1 is 0.120 bits per heavy atom. The van der Waals surface area contributed by atoms with Crippen molar-refractivity contribution in [2.75, 3.05) is 0 Å². The number of rotatable bonds is 4. The van der Waals surface area contributed by atoms with Crippen molar-refractivity contribution in [3.05, 3.63) is 243 Å². The van der Waals surface area contributed by atoms with E-state index in [-0.39, 0.29) is 27.0 Å². The topological polar surface area (TPSA) is 0 Å². The van der Waals surface area contributed by atoms with Gasteiger partial charge in [0.05, 0.1) is 0 Å². The smallest absolute Gasteiger partial charge is 0.0184 e. The fourth-order valence-corrected chi connectivity index (χ4v) is 5.04. The maximum absolute atomic E-state index is 2.12. The van der Waals surface area contributed by atoms with E-state index in [0.717, 1.165) is 0 Å². The molecule has 0 heterocycles. The molecule has 0 nitrogen and oxygen atoms in total. The lowest BCUT2D eigenvalue weighted by atomic mass is 10.1. The zero-order valence-corrected chi connectivity index (χ0v) is 30.1. The third kappa shape index (κ3) is 13.2. The first-order chi connectivity index (χ1) is 23.9. The van der Waals surface area contributed by atoms with Crippen molar-refractivity contribution in [3.63, 3.8) is 0 Å². The van der Waals surface area contributed by atoms with Crippen molar-refractivity contribution >= 4 is 27.0 Å². The third-order valence-electron chi connectivity index (χ3n) is 7.52. The van der Waals surface area contributed by atoms with Crippen molar-refractivity contribution in [3.8, 4) is 44.5 Å². The van der Waals surface area contributed by atoms with E-state index < -0.39 is 0 Å². The molecule has 0 atom stereocenters. The number of hydrogen-bond acceptors (Lipinski definition) is 0. The van der Waals surface area contributed by atoms with Gasteiger partial charge in [-0.15, -0.1) is 0 Å². The summed E-state index contributed by atoms with van der Waals surface area (Å²) in [6.45, 7) is 0. The molecule has 0 aliphatic heterocycles. The molecule has 0 aliphatic rings. The van der Waals surface area contributed by atoms with Crippen LogP contribution in [0, 0.1) is 0 Å². The summed E-state index contributed by atoms with van der Waals surface area (Å²) in [6, 6.07) is 83.1. The summed E-state index contributed by atoms with van der Waals surface area (Å²) in [4.78, 5) is 0. The highest BCUT2D eigenvalue weighted by molar-refractivity contribution is 7.59. The van der Waals surface area contributed by atoms with Crippen LogP contribution in [0.15, 0.2) is 243 Å². The summed E-state index contributed by atoms with van der Waals surface area (Å²) in [6.07, 6.45) is 0. The van der Waals surface area contributed by atoms with E-state index in [9.17, 15) is 0 Å². The van der Waals surface area contributed by atoms with Crippen LogP contribution in [0.4, 0.5) is 0 Å². The summed E-state index contributed by atoms with van der Waals surface area (Å²) in [7, 11) is 0. The molecule has 0 saturated heterocycles. The number of benzene rings is 8. The van der Waals surface area contributed by atoms with Gasteiger partial charge in [-0.05, 0) is 44.5 Å². The molecule has 0 fully saturated rings. The van der Waals surface area contributed by atoms with E-state index >= 15 is 0 Å². The standard InChI is InChI=1S/4C12H10.2H2S/c4*1-3-7-11(8-4-1)12-9-5-2-6-10-12;;/h4*1-10H;2*1H2. The van der Waals surface area contributed by atoms with Gasteiger partial charge in [0, 0.05) is 0 Å². The number of hydrogen-bond donors (Lipinski definition) is 0. The monoisotopic (exact) mass is 684 g/mol. The van der Waals surface area contributed by atoms with Crippen LogP contribution in [-0.2, 0) is 0 Å². The lowest BCUT2D eigenvalue weighted by Gasteiger charge is -1.98. The Morgan fingerprint density at radius 2 is 0.200 bits per heavy atom. The van der Waals surface area contributed by atoms with Crippen LogP contribution in [0.3, 0.4) is 0 Å². The molecule has 8 aromatic carbocycles. The predicted molar refractivity (Wildman–Crippen MR) is 228 cm³/mol. The van der Waals surface area contributed by atoms with Gasteiger partial charge in [0.25, 0.3) is 0 Å². The Kier molecular flexibility index (Phi) is 17.8. The minimum absolute atomic E-state index is 0. The highest BCUT2D eigenvalue weighted by atomic mass is 32.1. The highest BCUT2D eigenvalue weighted by Gasteiger charge is 1.94. The zero-order chi connectivity index (χ0) is 32.9. The first-order valence-electron chi connectivity index (χ1n) is 16.3. The van der Waals surface area contributed by atoms with Crippen molar-refractivity contribution in [2.24, 2.45) is 0 Å². The van der Waals surface area contributed by atoms with Crippen molar-refractivity contribution in [1.82, 2.24) is 0 Å². The Balaban J connectivity index is 0.000000178. The average Bonchev–Trinajstić information content (AvgIpc) is 3.21. The second-order valence-corrected chi connectivity index (χ2v) is 10.9. The van der Waals surface area contributed by atoms with Gasteiger partial charge in [-0.3, -0.25) is 0 Å². The molecule has 0 spiro atoms. The second kappa shape index (κ2) is 22.9. The molecule has 0 unspecified atom stereocenters. The second-order valence-electron chi connectivity index (χ2n) is 10.9. The molecule has 0 N–H and O–H groups in total. The molecule has 0 bridgehead atoms. The first-order valence-corrected chi connectivity index (χ1v) is 16.3. The predicted octanol–water partition coefficient (Wildman–Crippen LogP) is 13.6. The fraction of sp³-hybridized carbons (Fsp3) is 0. The quantitative estimate of drug-likeness (QED) is 0.173. The average molecular weight is 685 g/mol. The molecule has 2 heteroatoms. The largest absolute Gasteiger partial charge is 0.197 e. The van der Waals surface area contributed by atoms with Crippen molar-refractivity contribution in [1.29, 1.82) is 0 Å². The molecule has 50 heavy (non-hydrogen) atoms. The van der Waals surface area contributed by atoms with Crippen molar-refractivity contribution in [2.45, 2.75) is 0 Å². The summed E-state index contributed by atoms with van der Waals surface area (Å²) in [5.41, 5.74) is 10.2. The van der Waals surface area contributed by atoms with Crippen LogP contribution in [0.2, 0.25) is 0 Å². The van der Waals surface area contributed by atoms with Crippen LogP contribution >= 0.6 is 27.0 Å². The minimum Gasteiger partial charge on any atom is -0.197 e.